The van der Waals surface area contributed by atoms with Crippen LogP contribution >= 0.6 is 15.9 Å². The van der Waals surface area contributed by atoms with Crippen molar-refractivity contribution in [3.8, 4) is 11.8 Å². The molecule has 0 radical (unpaired) electrons. The first-order chi connectivity index (χ1) is 13.1. The van der Waals surface area contributed by atoms with Gasteiger partial charge >= 0.3 is 0 Å². The minimum atomic E-state index is -1.72. The van der Waals surface area contributed by atoms with Gasteiger partial charge in [-0.2, -0.15) is 5.26 Å². The van der Waals surface area contributed by atoms with Crippen LogP contribution in [0.3, 0.4) is 0 Å². The fraction of sp³-hybridized carbons (Fsp3) is 0.435. The molecule has 150 valence electrons. The van der Waals surface area contributed by atoms with Crippen molar-refractivity contribution >= 4 is 24.2 Å². The average molecular weight is 460 g/mol. The zero-order valence-electron chi connectivity index (χ0n) is 17.5. The number of benzene rings is 2. The highest BCUT2D eigenvalue weighted by Crippen LogP contribution is 2.36. The molecule has 0 saturated heterocycles. The zero-order valence-corrected chi connectivity index (χ0v) is 20.1. The van der Waals surface area contributed by atoms with Gasteiger partial charge in [0.1, 0.15) is 12.4 Å². The van der Waals surface area contributed by atoms with Gasteiger partial charge in [0.2, 0.25) is 0 Å². The molecule has 0 aromatic heterocycles. The lowest BCUT2D eigenvalue weighted by Gasteiger charge is -2.36. The number of nitriles is 1. The molecule has 0 spiro atoms. The van der Waals surface area contributed by atoms with Gasteiger partial charge in [0.05, 0.1) is 11.6 Å². The minimum Gasteiger partial charge on any atom is -0.489 e. The normalized spacial score (nSPS) is 11.9. The van der Waals surface area contributed by atoms with E-state index in [9.17, 15) is 5.26 Å². The molecule has 0 amide bonds. The van der Waals surface area contributed by atoms with Crippen molar-refractivity contribution in [3.63, 3.8) is 0 Å². The Labute approximate surface area is 178 Å². The number of rotatable bonds is 8. The van der Waals surface area contributed by atoms with E-state index in [4.69, 9.17) is 9.16 Å². The van der Waals surface area contributed by atoms with Gasteiger partial charge in [-0.25, -0.2) is 0 Å². The summed E-state index contributed by atoms with van der Waals surface area (Å²) in [5, 5.41) is 9.47. The lowest BCUT2D eigenvalue weighted by atomic mass is 10.0. The van der Waals surface area contributed by atoms with Crippen molar-refractivity contribution in [2.24, 2.45) is 0 Å². The van der Waals surface area contributed by atoms with Crippen LogP contribution in [-0.4, -0.2) is 14.9 Å². The summed E-state index contributed by atoms with van der Waals surface area (Å²) in [7, 11) is -1.72. The van der Waals surface area contributed by atoms with Gasteiger partial charge in [-0.3, -0.25) is 0 Å². The van der Waals surface area contributed by atoms with E-state index in [2.05, 4.69) is 55.9 Å². The van der Waals surface area contributed by atoms with Gasteiger partial charge in [0.25, 0.3) is 0 Å². The molecule has 0 unspecified atom stereocenters. The van der Waals surface area contributed by atoms with Crippen LogP contribution in [0.5, 0.6) is 5.75 Å². The summed E-state index contributed by atoms with van der Waals surface area (Å²) in [5.74, 6) is 0.825. The van der Waals surface area contributed by atoms with Crippen LogP contribution < -0.4 is 4.74 Å². The molecule has 0 aliphatic heterocycles. The quantitative estimate of drug-likeness (QED) is 0.319. The van der Waals surface area contributed by atoms with Crippen LogP contribution in [0, 0.1) is 11.3 Å². The molecule has 2 rings (SSSR count). The van der Waals surface area contributed by atoms with Gasteiger partial charge < -0.3 is 9.16 Å². The second-order valence-electron chi connectivity index (χ2n) is 8.55. The van der Waals surface area contributed by atoms with Crippen LogP contribution in [0.4, 0.5) is 0 Å². The maximum absolute atomic E-state index is 9.25. The Morgan fingerprint density at radius 3 is 2.46 bits per heavy atom. The fourth-order valence-electron chi connectivity index (χ4n) is 2.59. The van der Waals surface area contributed by atoms with Crippen LogP contribution in [0.1, 0.15) is 43.9 Å². The molecule has 0 saturated carbocycles. The summed E-state index contributed by atoms with van der Waals surface area (Å²) < 4.78 is 13.2. The van der Waals surface area contributed by atoms with E-state index < -0.39 is 8.32 Å². The Balaban J connectivity index is 2.01. The third kappa shape index (κ3) is 6.48. The van der Waals surface area contributed by atoms with Gasteiger partial charge in [0, 0.05) is 11.1 Å². The maximum atomic E-state index is 9.25. The molecule has 2 aromatic rings. The van der Waals surface area contributed by atoms with E-state index >= 15 is 0 Å². The zero-order chi connectivity index (χ0) is 20.8. The largest absolute Gasteiger partial charge is 0.489 e. The van der Waals surface area contributed by atoms with Crippen LogP contribution in [-0.2, 0) is 17.5 Å². The summed E-state index contributed by atoms with van der Waals surface area (Å²) >= 11 is 3.47. The number of ether oxygens (including phenoxy) is 1. The molecule has 2 aromatic carbocycles. The standard InChI is InChI=1S/C23H30BrNO2Si/c1-23(2,3)28(4,5)27-13-7-8-19-14-18(16-25)11-12-20(19)17-26-22-10-6-9-21(24)15-22/h6,9-12,14-15H,7-8,13,17H2,1-5H3. The minimum absolute atomic E-state index is 0.219. The average Bonchev–Trinajstić information content (AvgIpc) is 2.63. The number of aryl methyl sites for hydroxylation is 1. The van der Waals surface area contributed by atoms with Crippen molar-refractivity contribution in [1.82, 2.24) is 0 Å². The van der Waals surface area contributed by atoms with Gasteiger partial charge in [-0.15, -0.1) is 0 Å². The smallest absolute Gasteiger partial charge is 0.191 e. The highest BCUT2D eigenvalue weighted by Gasteiger charge is 2.36. The molecule has 0 aliphatic rings. The predicted molar refractivity (Wildman–Crippen MR) is 121 cm³/mol. The molecule has 0 heterocycles. The van der Waals surface area contributed by atoms with E-state index in [0.717, 1.165) is 40.8 Å². The van der Waals surface area contributed by atoms with Gasteiger partial charge in [-0.05, 0) is 72.4 Å². The Kier molecular flexibility index (Phi) is 7.88. The van der Waals surface area contributed by atoms with Crippen molar-refractivity contribution in [2.75, 3.05) is 6.61 Å². The van der Waals surface area contributed by atoms with Crippen molar-refractivity contribution < 1.29 is 9.16 Å². The van der Waals surface area contributed by atoms with E-state index in [1.54, 1.807) is 0 Å². The highest BCUT2D eigenvalue weighted by molar-refractivity contribution is 9.10. The molecular formula is C23H30BrNO2Si. The first-order valence-electron chi connectivity index (χ1n) is 9.66. The number of hydrogen-bond acceptors (Lipinski definition) is 3. The molecule has 0 aliphatic carbocycles. The summed E-state index contributed by atoms with van der Waals surface area (Å²) in [4.78, 5) is 0. The highest BCUT2D eigenvalue weighted by atomic mass is 79.9. The number of hydrogen-bond donors (Lipinski definition) is 0. The van der Waals surface area contributed by atoms with Gasteiger partial charge in [0.15, 0.2) is 8.32 Å². The Morgan fingerprint density at radius 2 is 1.82 bits per heavy atom. The molecule has 28 heavy (non-hydrogen) atoms. The SMILES string of the molecule is CC(C)(C)[Si](C)(C)OCCCc1cc(C#N)ccc1COc1cccc(Br)c1. The second kappa shape index (κ2) is 9.73. The fourth-order valence-corrected chi connectivity index (χ4v) is 4.06. The monoisotopic (exact) mass is 459 g/mol. The third-order valence-corrected chi connectivity index (χ3v) is 10.4. The molecule has 5 heteroatoms. The topological polar surface area (TPSA) is 42.2 Å². The number of halogens is 1. The predicted octanol–water partition coefficient (Wildman–Crippen LogP) is 6.85. The molecule has 0 N–H and O–H groups in total. The molecule has 0 bridgehead atoms. The lowest BCUT2D eigenvalue weighted by molar-refractivity contribution is 0.281. The van der Waals surface area contributed by atoms with Crippen LogP contribution in [0.2, 0.25) is 18.1 Å². The first kappa shape index (κ1) is 22.7. The Bertz CT molecular complexity index is 837. The molecule has 0 fully saturated rings. The van der Waals surface area contributed by atoms with E-state index in [1.165, 1.54) is 0 Å². The second-order valence-corrected chi connectivity index (χ2v) is 14.3. The Morgan fingerprint density at radius 1 is 1.07 bits per heavy atom. The molecular weight excluding hydrogens is 430 g/mol. The summed E-state index contributed by atoms with van der Waals surface area (Å²) in [5.41, 5.74) is 2.96. The van der Waals surface area contributed by atoms with Crippen molar-refractivity contribution in [2.45, 2.75) is 58.4 Å². The Hall–Kier alpha value is -1.61. The summed E-state index contributed by atoms with van der Waals surface area (Å²) in [6.07, 6.45) is 1.81. The van der Waals surface area contributed by atoms with E-state index in [0.29, 0.717) is 12.2 Å². The van der Waals surface area contributed by atoms with Crippen molar-refractivity contribution in [3.05, 3.63) is 63.6 Å². The van der Waals surface area contributed by atoms with E-state index in [-0.39, 0.29) is 5.04 Å². The number of nitrogens with zero attached hydrogens (tertiary/aromatic N) is 1. The molecule has 3 nitrogen and oxygen atoms in total. The molecule has 0 atom stereocenters. The lowest BCUT2D eigenvalue weighted by Crippen LogP contribution is -2.41. The van der Waals surface area contributed by atoms with Crippen LogP contribution in [0.15, 0.2) is 46.9 Å². The summed E-state index contributed by atoms with van der Waals surface area (Å²) in [6.45, 7) is 12.6. The first-order valence-corrected chi connectivity index (χ1v) is 13.4. The van der Waals surface area contributed by atoms with Crippen LogP contribution in [0.25, 0.3) is 0 Å². The van der Waals surface area contributed by atoms with E-state index in [1.807, 2.05) is 42.5 Å². The summed E-state index contributed by atoms with van der Waals surface area (Å²) in [6, 6.07) is 15.9. The van der Waals surface area contributed by atoms with Gasteiger partial charge in [-0.1, -0.05) is 48.8 Å². The maximum Gasteiger partial charge on any atom is 0.191 e. The van der Waals surface area contributed by atoms with Crippen molar-refractivity contribution in [1.29, 1.82) is 5.26 Å². The third-order valence-electron chi connectivity index (χ3n) is 5.39.